The standard InChI is InChI=1S/C16H30N2O/c1-2-19-15-11-16(12-15)5-9-18(10-6-16)13-14-3-7-17-8-4-14/h14-15,17H,2-13H2,1H3. The number of hydrogen-bond acceptors (Lipinski definition) is 3. The molecule has 0 atom stereocenters. The number of nitrogens with zero attached hydrogens (tertiary/aromatic N) is 1. The molecule has 3 nitrogen and oxygen atoms in total. The Bertz CT molecular complexity index is 272. The first-order valence-corrected chi connectivity index (χ1v) is 8.34. The number of piperidine rings is 2. The summed E-state index contributed by atoms with van der Waals surface area (Å²) < 4.78 is 5.73. The minimum atomic E-state index is 0.584. The van der Waals surface area contributed by atoms with E-state index in [-0.39, 0.29) is 0 Å². The lowest BCUT2D eigenvalue weighted by molar-refractivity contribution is -0.102. The van der Waals surface area contributed by atoms with Crippen LogP contribution in [0.3, 0.4) is 0 Å². The molecule has 0 amide bonds. The molecule has 3 rings (SSSR count). The number of ether oxygens (including phenoxy) is 1. The molecule has 2 saturated heterocycles. The van der Waals surface area contributed by atoms with Crippen LogP contribution < -0.4 is 5.32 Å². The van der Waals surface area contributed by atoms with E-state index in [0.29, 0.717) is 11.5 Å². The Morgan fingerprint density at radius 3 is 2.47 bits per heavy atom. The fourth-order valence-corrected chi connectivity index (χ4v) is 4.31. The molecule has 19 heavy (non-hydrogen) atoms. The molecule has 1 spiro atoms. The Labute approximate surface area is 118 Å². The molecule has 1 aliphatic carbocycles. The lowest BCUT2D eigenvalue weighted by Crippen LogP contribution is -2.51. The molecular weight excluding hydrogens is 236 g/mol. The van der Waals surface area contributed by atoms with Crippen molar-refractivity contribution in [2.45, 2.75) is 51.6 Å². The smallest absolute Gasteiger partial charge is 0.0585 e. The summed E-state index contributed by atoms with van der Waals surface area (Å²) in [6, 6.07) is 0. The summed E-state index contributed by atoms with van der Waals surface area (Å²) in [4.78, 5) is 2.73. The van der Waals surface area contributed by atoms with Crippen LogP contribution in [0.25, 0.3) is 0 Å². The molecule has 0 aromatic carbocycles. The van der Waals surface area contributed by atoms with Gasteiger partial charge in [0.25, 0.3) is 0 Å². The highest BCUT2D eigenvalue weighted by Crippen LogP contribution is 2.50. The zero-order chi connectivity index (χ0) is 13.1. The minimum absolute atomic E-state index is 0.584. The maximum Gasteiger partial charge on any atom is 0.0585 e. The fourth-order valence-electron chi connectivity index (χ4n) is 4.31. The maximum absolute atomic E-state index is 5.73. The van der Waals surface area contributed by atoms with E-state index in [1.165, 1.54) is 71.2 Å². The van der Waals surface area contributed by atoms with Crippen molar-refractivity contribution in [3.05, 3.63) is 0 Å². The van der Waals surface area contributed by atoms with E-state index in [9.17, 15) is 0 Å². The first-order chi connectivity index (χ1) is 9.30. The van der Waals surface area contributed by atoms with E-state index < -0.39 is 0 Å². The molecule has 1 saturated carbocycles. The highest BCUT2D eigenvalue weighted by molar-refractivity contribution is 4.98. The van der Waals surface area contributed by atoms with E-state index in [4.69, 9.17) is 4.74 Å². The summed E-state index contributed by atoms with van der Waals surface area (Å²) in [5.74, 6) is 0.952. The summed E-state index contributed by atoms with van der Waals surface area (Å²) in [5.41, 5.74) is 0.671. The van der Waals surface area contributed by atoms with Gasteiger partial charge >= 0.3 is 0 Å². The highest BCUT2D eigenvalue weighted by Gasteiger charge is 2.46. The largest absolute Gasteiger partial charge is 0.378 e. The Balaban J connectivity index is 1.38. The number of hydrogen-bond donors (Lipinski definition) is 1. The lowest BCUT2D eigenvalue weighted by atomic mass is 9.61. The van der Waals surface area contributed by atoms with Crippen molar-refractivity contribution < 1.29 is 4.74 Å². The molecule has 3 aliphatic rings. The van der Waals surface area contributed by atoms with E-state index in [1.807, 2.05) is 0 Å². The molecule has 2 heterocycles. The van der Waals surface area contributed by atoms with Crippen LogP contribution in [-0.4, -0.2) is 50.3 Å². The van der Waals surface area contributed by atoms with Gasteiger partial charge in [-0.25, -0.2) is 0 Å². The van der Waals surface area contributed by atoms with Gasteiger partial charge in [-0.05, 0) is 83.0 Å². The summed E-state index contributed by atoms with van der Waals surface area (Å²) in [7, 11) is 0. The average Bonchev–Trinajstić information content (AvgIpc) is 2.41. The molecule has 0 aromatic heterocycles. The quantitative estimate of drug-likeness (QED) is 0.845. The van der Waals surface area contributed by atoms with Crippen LogP contribution in [0.15, 0.2) is 0 Å². The van der Waals surface area contributed by atoms with Gasteiger partial charge in [-0.3, -0.25) is 0 Å². The van der Waals surface area contributed by atoms with Gasteiger partial charge in [0.05, 0.1) is 6.10 Å². The topological polar surface area (TPSA) is 24.5 Å². The van der Waals surface area contributed by atoms with Gasteiger partial charge in [-0.15, -0.1) is 0 Å². The average molecular weight is 266 g/mol. The third-order valence-corrected chi connectivity index (χ3v) is 5.62. The zero-order valence-electron chi connectivity index (χ0n) is 12.5. The van der Waals surface area contributed by atoms with E-state index in [1.54, 1.807) is 0 Å². The zero-order valence-corrected chi connectivity index (χ0v) is 12.5. The number of rotatable bonds is 4. The maximum atomic E-state index is 5.73. The predicted molar refractivity (Wildman–Crippen MR) is 78.3 cm³/mol. The van der Waals surface area contributed by atoms with Crippen molar-refractivity contribution in [2.24, 2.45) is 11.3 Å². The van der Waals surface area contributed by atoms with Crippen molar-refractivity contribution in [1.29, 1.82) is 0 Å². The van der Waals surface area contributed by atoms with Crippen molar-refractivity contribution in [1.82, 2.24) is 10.2 Å². The summed E-state index contributed by atoms with van der Waals surface area (Å²) in [6.45, 7) is 9.50. The van der Waals surface area contributed by atoms with E-state index >= 15 is 0 Å². The molecule has 1 N–H and O–H groups in total. The SMILES string of the molecule is CCOC1CC2(CCN(CC3CCNCC3)CC2)C1. The Kier molecular flexibility index (Phi) is 4.45. The molecule has 0 aromatic rings. The normalized spacial score (nSPS) is 29.5. The van der Waals surface area contributed by atoms with Gasteiger partial charge in [-0.2, -0.15) is 0 Å². The second kappa shape index (κ2) is 6.11. The van der Waals surface area contributed by atoms with Crippen molar-refractivity contribution >= 4 is 0 Å². The molecule has 0 radical (unpaired) electrons. The van der Waals surface area contributed by atoms with Crippen molar-refractivity contribution in [2.75, 3.05) is 39.3 Å². The van der Waals surface area contributed by atoms with Gasteiger partial charge < -0.3 is 15.0 Å². The Hall–Kier alpha value is -0.120. The van der Waals surface area contributed by atoms with Crippen LogP contribution in [0.4, 0.5) is 0 Å². The van der Waals surface area contributed by atoms with Gasteiger partial charge in [0.15, 0.2) is 0 Å². The molecule has 0 bridgehead atoms. The first-order valence-electron chi connectivity index (χ1n) is 8.34. The minimum Gasteiger partial charge on any atom is -0.378 e. The van der Waals surface area contributed by atoms with Gasteiger partial charge in [0.2, 0.25) is 0 Å². The number of nitrogens with one attached hydrogen (secondary N) is 1. The van der Waals surface area contributed by atoms with Crippen molar-refractivity contribution in [3.63, 3.8) is 0 Å². The summed E-state index contributed by atoms with van der Waals surface area (Å²) in [6.07, 6.45) is 8.86. The predicted octanol–water partition coefficient (Wildman–Crippen LogP) is 2.27. The molecule has 0 unspecified atom stereocenters. The second-order valence-corrected chi connectivity index (χ2v) is 6.98. The Morgan fingerprint density at radius 1 is 1.16 bits per heavy atom. The summed E-state index contributed by atoms with van der Waals surface area (Å²) in [5, 5.41) is 3.47. The van der Waals surface area contributed by atoms with Gasteiger partial charge in [0.1, 0.15) is 0 Å². The molecule has 3 fully saturated rings. The monoisotopic (exact) mass is 266 g/mol. The summed E-state index contributed by atoms with van der Waals surface area (Å²) >= 11 is 0. The molecular formula is C16H30N2O. The number of likely N-dealkylation sites (tertiary alicyclic amines) is 1. The van der Waals surface area contributed by atoms with E-state index in [0.717, 1.165) is 12.5 Å². The molecule has 3 heteroatoms. The fraction of sp³-hybridized carbons (Fsp3) is 1.00. The van der Waals surface area contributed by atoms with Crippen LogP contribution in [0, 0.1) is 11.3 Å². The highest BCUT2D eigenvalue weighted by atomic mass is 16.5. The van der Waals surface area contributed by atoms with Crippen LogP contribution in [-0.2, 0) is 4.74 Å². The van der Waals surface area contributed by atoms with Crippen LogP contribution in [0.5, 0.6) is 0 Å². The van der Waals surface area contributed by atoms with Gasteiger partial charge in [-0.1, -0.05) is 0 Å². The van der Waals surface area contributed by atoms with Crippen LogP contribution in [0.2, 0.25) is 0 Å². The molecule has 2 aliphatic heterocycles. The van der Waals surface area contributed by atoms with E-state index in [2.05, 4.69) is 17.1 Å². The van der Waals surface area contributed by atoms with Crippen LogP contribution >= 0.6 is 0 Å². The van der Waals surface area contributed by atoms with Crippen molar-refractivity contribution in [3.8, 4) is 0 Å². The third-order valence-electron chi connectivity index (χ3n) is 5.62. The second-order valence-electron chi connectivity index (χ2n) is 6.98. The Morgan fingerprint density at radius 2 is 1.84 bits per heavy atom. The first kappa shape index (κ1) is 13.8. The van der Waals surface area contributed by atoms with Gasteiger partial charge in [0, 0.05) is 13.2 Å². The third kappa shape index (κ3) is 3.32. The molecule has 110 valence electrons. The van der Waals surface area contributed by atoms with Crippen LogP contribution in [0.1, 0.15) is 45.4 Å². The lowest BCUT2D eigenvalue weighted by Gasteiger charge is -2.52.